The molecule has 0 aliphatic rings. The van der Waals surface area contributed by atoms with Gasteiger partial charge >= 0.3 is 0 Å². The lowest BCUT2D eigenvalue weighted by Gasteiger charge is -2.10. The van der Waals surface area contributed by atoms with E-state index in [0.717, 1.165) is 24.6 Å². The van der Waals surface area contributed by atoms with Crippen LogP contribution in [0.5, 0.6) is 0 Å². The molecule has 1 N–H and O–H groups in total. The van der Waals surface area contributed by atoms with Crippen LogP contribution in [-0.2, 0) is 6.42 Å². The fourth-order valence-electron chi connectivity index (χ4n) is 2.99. The van der Waals surface area contributed by atoms with Crippen molar-refractivity contribution in [1.29, 1.82) is 5.26 Å². The average molecular weight is 390 g/mol. The molecule has 0 spiro atoms. The summed E-state index contributed by atoms with van der Waals surface area (Å²) >= 11 is 0. The van der Waals surface area contributed by atoms with Gasteiger partial charge in [0.1, 0.15) is 17.7 Å². The Morgan fingerprint density at radius 1 is 1.14 bits per heavy atom. The molecule has 0 atom stereocenters. The molecule has 0 aliphatic heterocycles. The molecule has 0 amide bonds. The van der Waals surface area contributed by atoms with Gasteiger partial charge in [0.25, 0.3) is 0 Å². The highest BCUT2D eigenvalue weighted by Crippen LogP contribution is 2.25. The first-order valence-electron chi connectivity index (χ1n) is 9.02. The van der Waals surface area contributed by atoms with Crippen LogP contribution in [0.1, 0.15) is 17.7 Å². The van der Waals surface area contributed by atoms with Gasteiger partial charge in [-0.1, -0.05) is 0 Å². The highest BCUT2D eigenvalue weighted by atomic mass is 19.1. The van der Waals surface area contributed by atoms with E-state index in [2.05, 4.69) is 20.3 Å². The number of aryl methyl sites for hydroxylation is 1. The molecule has 144 valence electrons. The highest BCUT2D eigenvalue weighted by Gasteiger charge is 2.12. The van der Waals surface area contributed by atoms with Crippen LogP contribution >= 0.6 is 0 Å². The zero-order valence-corrected chi connectivity index (χ0v) is 15.3. The lowest BCUT2D eigenvalue weighted by atomic mass is 10.1. The molecule has 3 aromatic heterocycles. The van der Waals surface area contributed by atoms with Crippen molar-refractivity contribution in [1.82, 2.24) is 19.4 Å². The van der Waals surface area contributed by atoms with Crippen molar-refractivity contribution in [2.75, 3.05) is 11.9 Å². The van der Waals surface area contributed by atoms with E-state index in [1.807, 2.05) is 12.1 Å². The second kappa shape index (κ2) is 8.02. The third kappa shape index (κ3) is 4.04. The summed E-state index contributed by atoms with van der Waals surface area (Å²) < 4.78 is 29.2. The molecule has 4 rings (SSSR count). The first-order valence-corrected chi connectivity index (χ1v) is 9.02. The van der Waals surface area contributed by atoms with Crippen LogP contribution in [0.25, 0.3) is 16.9 Å². The Balaban J connectivity index is 1.50. The molecule has 3 heterocycles. The number of imidazole rings is 1. The Labute approximate surface area is 165 Å². The number of nitrogens with one attached hydrogen (secondary N) is 1. The zero-order valence-electron chi connectivity index (χ0n) is 15.3. The molecular weight excluding hydrogens is 374 g/mol. The molecule has 29 heavy (non-hydrogen) atoms. The molecule has 0 fully saturated rings. The SMILES string of the molecule is N#Cc1ccc(CCCNc2nc(-c3ccc(F)cc3F)cn3ccnc23)nc1. The lowest BCUT2D eigenvalue weighted by Crippen LogP contribution is -2.08. The normalized spacial score (nSPS) is 10.8. The number of benzene rings is 1. The predicted molar refractivity (Wildman–Crippen MR) is 104 cm³/mol. The van der Waals surface area contributed by atoms with Crippen LogP contribution in [0.4, 0.5) is 14.6 Å². The molecule has 6 nitrogen and oxygen atoms in total. The molecule has 0 unspecified atom stereocenters. The minimum atomic E-state index is -0.671. The third-order valence-electron chi connectivity index (χ3n) is 4.44. The maximum atomic E-state index is 14.2. The Bertz CT molecular complexity index is 1190. The molecular formula is C21H16F2N6. The largest absolute Gasteiger partial charge is 0.367 e. The van der Waals surface area contributed by atoms with Gasteiger partial charge < -0.3 is 9.72 Å². The molecule has 0 saturated carbocycles. The quantitative estimate of drug-likeness (QED) is 0.504. The monoisotopic (exact) mass is 390 g/mol. The molecule has 0 bridgehead atoms. The van der Waals surface area contributed by atoms with Gasteiger partial charge in [0, 0.05) is 48.7 Å². The van der Waals surface area contributed by atoms with E-state index in [9.17, 15) is 8.78 Å². The van der Waals surface area contributed by atoms with E-state index in [-0.39, 0.29) is 5.56 Å². The summed E-state index contributed by atoms with van der Waals surface area (Å²) in [4.78, 5) is 13.0. The van der Waals surface area contributed by atoms with Crippen LogP contribution in [0.2, 0.25) is 0 Å². The number of fused-ring (bicyclic) bond motifs is 1. The summed E-state index contributed by atoms with van der Waals surface area (Å²) in [7, 11) is 0. The molecule has 8 heteroatoms. The van der Waals surface area contributed by atoms with E-state index in [0.29, 0.717) is 29.3 Å². The van der Waals surface area contributed by atoms with Gasteiger partial charge in [-0.25, -0.2) is 18.7 Å². The Hall–Kier alpha value is -3.86. The molecule has 0 aliphatic carbocycles. The standard InChI is InChI=1S/C21H16F2N6/c22-15-4-6-17(18(23)10-15)19-13-29-9-8-26-21(29)20(28-19)25-7-1-2-16-5-3-14(11-24)12-27-16/h3-6,8-10,12-13H,1-2,7H2,(H,25,28). The number of anilines is 1. The van der Waals surface area contributed by atoms with Gasteiger partial charge in [0.05, 0.1) is 11.3 Å². The number of aromatic nitrogens is 4. The van der Waals surface area contributed by atoms with Gasteiger partial charge in [-0.05, 0) is 37.1 Å². The second-order valence-electron chi connectivity index (χ2n) is 6.44. The molecule has 0 radical (unpaired) electrons. The summed E-state index contributed by atoms with van der Waals surface area (Å²) in [6, 6.07) is 9.04. The lowest BCUT2D eigenvalue weighted by molar-refractivity contribution is 0.585. The third-order valence-corrected chi connectivity index (χ3v) is 4.44. The summed E-state index contributed by atoms with van der Waals surface area (Å²) in [6.07, 6.45) is 8.10. The topological polar surface area (TPSA) is 78.9 Å². The van der Waals surface area contributed by atoms with Gasteiger partial charge in [-0.3, -0.25) is 4.98 Å². The number of pyridine rings is 1. The van der Waals surface area contributed by atoms with E-state index in [1.165, 1.54) is 12.1 Å². The van der Waals surface area contributed by atoms with Crippen LogP contribution in [0.15, 0.2) is 55.1 Å². The smallest absolute Gasteiger partial charge is 0.180 e. The maximum absolute atomic E-state index is 14.2. The second-order valence-corrected chi connectivity index (χ2v) is 6.44. The van der Waals surface area contributed by atoms with Crippen molar-refractivity contribution < 1.29 is 8.78 Å². The van der Waals surface area contributed by atoms with Crippen molar-refractivity contribution >= 4 is 11.5 Å². The van der Waals surface area contributed by atoms with Crippen molar-refractivity contribution in [2.45, 2.75) is 12.8 Å². The van der Waals surface area contributed by atoms with Crippen molar-refractivity contribution in [2.24, 2.45) is 0 Å². The maximum Gasteiger partial charge on any atom is 0.180 e. The summed E-state index contributed by atoms with van der Waals surface area (Å²) in [5.41, 5.74) is 2.64. The highest BCUT2D eigenvalue weighted by molar-refractivity contribution is 5.69. The number of rotatable bonds is 6. The fraction of sp³-hybridized carbons (Fsp3) is 0.143. The summed E-state index contributed by atoms with van der Waals surface area (Å²) in [5, 5.41) is 12.1. The number of nitrogens with zero attached hydrogens (tertiary/aromatic N) is 5. The minimum Gasteiger partial charge on any atom is -0.367 e. The Kier molecular flexibility index (Phi) is 5.12. The minimum absolute atomic E-state index is 0.215. The first kappa shape index (κ1) is 18.5. The van der Waals surface area contributed by atoms with E-state index < -0.39 is 11.6 Å². The van der Waals surface area contributed by atoms with Gasteiger partial charge in [-0.15, -0.1) is 0 Å². The van der Waals surface area contributed by atoms with E-state index >= 15 is 0 Å². The molecule has 0 saturated heterocycles. The summed E-state index contributed by atoms with van der Waals surface area (Å²) in [5.74, 6) is -0.788. The van der Waals surface area contributed by atoms with Crippen LogP contribution in [0, 0.1) is 23.0 Å². The fourth-order valence-corrected chi connectivity index (χ4v) is 2.99. The van der Waals surface area contributed by atoms with Crippen molar-refractivity contribution in [3.8, 4) is 17.3 Å². The molecule has 1 aromatic carbocycles. The first-order chi connectivity index (χ1) is 14.1. The zero-order chi connectivity index (χ0) is 20.2. The van der Waals surface area contributed by atoms with Gasteiger partial charge in [0.15, 0.2) is 11.5 Å². The summed E-state index contributed by atoms with van der Waals surface area (Å²) in [6.45, 7) is 0.604. The molecule has 4 aromatic rings. The van der Waals surface area contributed by atoms with Gasteiger partial charge in [0.2, 0.25) is 0 Å². The predicted octanol–water partition coefficient (Wildman–Crippen LogP) is 3.99. The van der Waals surface area contributed by atoms with E-state index in [4.69, 9.17) is 5.26 Å². The number of nitriles is 1. The van der Waals surface area contributed by atoms with Crippen LogP contribution < -0.4 is 5.32 Å². The Morgan fingerprint density at radius 2 is 2.03 bits per heavy atom. The van der Waals surface area contributed by atoms with Gasteiger partial charge in [-0.2, -0.15) is 5.26 Å². The van der Waals surface area contributed by atoms with Crippen LogP contribution in [-0.4, -0.2) is 25.9 Å². The average Bonchev–Trinajstić information content (AvgIpc) is 3.20. The number of hydrogen-bond donors (Lipinski definition) is 1. The number of hydrogen-bond acceptors (Lipinski definition) is 5. The van der Waals surface area contributed by atoms with E-state index in [1.54, 1.807) is 35.3 Å². The Morgan fingerprint density at radius 3 is 2.79 bits per heavy atom. The van der Waals surface area contributed by atoms with Crippen molar-refractivity contribution in [3.63, 3.8) is 0 Å². The van der Waals surface area contributed by atoms with Crippen LogP contribution in [0.3, 0.4) is 0 Å². The number of halogens is 2. The van der Waals surface area contributed by atoms with Crippen molar-refractivity contribution in [3.05, 3.63) is 78.0 Å².